The predicted octanol–water partition coefficient (Wildman–Crippen LogP) is 4.02. The first kappa shape index (κ1) is 14.9. The normalized spacial score (nSPS) is 10.6. The molecule has 0 atom stereocenters. The largest absolute Gasteiger partial charge is 0.496 e. The second-order valence-electron chi connectivity index (χ2n) is 4.78. The summed E-state index contributed by atoms with van der Waals surface area (Å²) in [6.45, 7) is 3.02. The summed E-state index contributed by atoms with van der Waals surface area (Å²) in [5, 5.41) is 3.18. The van der Waals surface area contributed by atoms with E-state index in [1.807, 2.05) is 24.9 Å². The molecule has 3 heteroatoms. The SMILES string of the molecule is CNCc1cccc(SCc2cc(C)ccc2OC)c1. The summed E-state index contributed by atoms with van der Waals surface area (Å²) >= 11 is 1.84. The quantitative estimate of drug-likeness (QED) is 0.811. The van der Waals surface area contributed by atoms with E-state index in [-0.39, 0.29) is 0 Å². The molecule has 2 aromatic rings. The van der Waals surface area contributed by atoms with Crippen molar-refractivity contribution in [3.8, 4) is 5.75 Å². The van der Waals surface area contributed by atoms with Crippen molar-refractivity contribution in [2.24, 2.45) is 0 Å². The number of rotatable bonds is 6. The first-order valence-electron chi connectivity index (χ1n) is 6.73. The van der Waals surface area contributed by atoms with Crippen LogP contribution >= 0.6 is 11.8 Å². The Morgan fingerprint density at radius 2 is 2.00 bits per heavy atom. The summed E-state index contributed by atoms with van der Waals surface area (Å²) in [7, 11) is 3.70. The van der Waals surface area contributed by atoms with Gasteiger partial charge in [-0.3, -0.25) is 0 Å². The van der Waals surface area contributed by atoms with Crippen molar-refractivity contribution in [3.05, 3.63) is 59.2 Å². The van der Waals surface area contributed by atoms with E-state index in [4.69, 9.17) is 4.74 Å². The minimum absolute atomic E-state index is 0.905. The summed E-state index contributed by atoms with van der Waals surface area (Å²) in [6.07, 6.45) is 0. The van der Waals surface area contributed by atoms with Gasteiger partial charge in [-0.2, -0.15) is 0 Å². The molecular formula is C17H21NOS. The van der Waals surface area contributed by atoms with Crippen LogP contribution in [0.4, 0.5) is 0 Å². The fraction of sp³-hybridized carbons (Fsp3) is 0.294. The van der Waals surface area contributed by atoms with Crippen LogP contribution in [0.1, 0.15) is 16.7 Å². The molecule has 0 spiro atoms. The molecule has 1 N–H and O–H groups in total. The fourth-order valence-electron chi connectivity index (χ4n) is 2.13. The molecule has 0 saturated carbocycles. The van der Waals surface area contributed by atoms with Crippen molar-refractivity contribution in [2.75, 3.05) is 14.2 Å². The number of thioether (sulfide) groups is 1. The molecule has 0 aliphatic rings. The van der Waals surface area contributed by atoms with Gasteiger partial charge in [0.2, 0.25) is 0 Å². The van der Waals surface area contributed by atoms with Gasteiger partial charge in [-0.15, -0.1) is 11.8 Å². The highest BCUT2D eigenvalue weighted by atomic mass is 32.2. The van der Waals surface area contributed by atoms with Crippen LogP contribution in [0, 0.1) is 6.92 Å². The van der Waals surface area contributed by atoms with E-state index in [0.29, 0.717) is 0 Å². The van der Waals surface area contributed by atoms with Gasteiger partial charge in [0.25, 0.3) is 0 Å². The van der Waals surface area contributed by atoms with E-state index < -0.39 is 0 Å². The lowest BCUT2D eigenvalue weighted by molar-refractivity contribution is 0.411. The molecule has 2 aromatic carbocycles. The van der Waals surface area contributed by atoms with Crippen molar-refractivity contribution in [1.82, 2.24) is 5.32 Å². The van der Waals surface area contributed by atoms with Crippen LogP contribution in [0.5, 0.6) is 5.75 Å². The lowest BCUT2D eigenvalue weighted by atomic mass is 10.1. The number of benzene rings is 2. The Labute approximate surface area is 125 Å². The molecule has 0 saturated heterocycles. The Morgan fingerprint density at radius 1 is 1.15 bits per heavy atom. The summed E-state index contributed by atoms with van der Waals surface area (Å²) in [6, 6.07) is 15.0. The Bertz CT molecular complexity index is 569. The second-order valence-corrected chi connectivity index (χ2v) is 5.83. The highest BCUT2D eigenvalue weighted by Gasteiger charge is 2.04. The van der Waals surface area contributed by atoms with E-state index in [1.54, 1.807) is 7.11 Å². The molecule has 0 radical (unpaired) electrons. The number of hydrogen-bond acceptors (Lipinski definition) is 3. The maximum atomic E-state index is 5.43. The Balaban J connectivity index is 2.08. The number of hydrogen-bond donors (Lipinski definition) is 1. The first-order valence-corrected chi connectivity index (χ1v) is 7.71. The van der Waals surface area contributed by atoms with Gasteiger partial charge in [-0.05, 0) is 37.7 Å². The molecule has 0 aliphatic heterocycles. The number of methoxy groups -OCH3 is 1. The third-order valence-electron chi connectivity index (χ3n) is 3.11. The van der Waals surface area contributed by atoms with Crippen LogP contribution in [0.15, 0.2) is 47.4 Å². The molecule has 0 aliphatic carbocycles. The minimum atomic E-state index is 0.905. The molecule has 0 bridgehead atoms. The highest BCUT2D eigenvalue weighted by Crippen LogP contribution is 2.29. The maximum absolute atomic E-state index is 5.43. The lowest BCUT2D eigenvalue weighted by Gasteiger charge is -2.10. The number of nitrogens with one attached hydrogen (secondary N) is 1. The average molecular weight is 287 g/mol. The third-order valence-corrected chi connectivity index (χ3v) is 4.15. The minimum Gasteiger partial charge on any atom is -0.496 e. The molecule has 106 valence electrons. The summed E-state index contributed by atoms with van der Waals surface area (Å²) in [5.74, 6) is 1.89. The number of ether oxygens (including phenoxy) is 1. The van der Waals surface area contributed by atoms with E-state index in [9.17, 15) is 0 Å². The van der Waals surface area contributed by atoms with Gasteiger partial charge in [0.1, 0.15) is 5.75 Å². The molecule has 0 aromatic heterocycles. The topological polar surface area (TPSA) is 21.3 Å². The van der Waals surface area contributed by atoms with Crippen molar-refractivity contribution < 1.29 is 4.74 Å². The van der Waals surface area contributed by atoms with Crippen LogP contribution < -0.4 is 10.1 Å². The summed E-state index contributed by atoms with van der Waals surface area (Å²) in [4.78, 5) is 1.29. The monoisotopic (exact) mass is 287 g/mol. The van der Waals surface area contributed by atoms with Crippen molar-refractivity contribution in [2.45, 2.75) is 24.1 Å². The summed E-state index contributed by atoms with van der Waals surface area (Å²) in [5.41, 5.74) is 3.83. The second kappa shape index (κ2) is 7.36. The Hall–Kier alpha value is -1.45. The van der Waals surface area contributed by atoms with E-state index >= 15 is 0 Å². The first-order chi connectivity index (χ1) is 9.72. The van der Waals surface area contributed by atoms with Gasteiger partial charge in [0.05, 0.1) is 7.11 Å². The molecule has 0 amide bonds. The third kappa shape index (κ3) is 4.02. The molecule has 0 fully saturated rings. The van der Waals surface area contributed by atoms with Crippen molar-refractivity contribution >= 4 is 11.8 Å². The zero-order valence-electron chi connectivity index (χ0n) is 12.3. The van der Waals surface area contributed by atoms with Crippen molar-refractivity contribution in [1.29, 1.82) is 0 Å². The van der Waals surface area contributed by atoms with Crippen LogP contribution in [0.2, 0.25) is 0 Å². The predicted molar refractivity (Wildman–Crippen MR) is 86.5 cm³/mol. The Kier molecular flexibility index (Phi) is 5.50. The molecule has 0 unspecified atom stereocenters. The lowest BCUT2D eigenvalue weighted by Crippen LogP contribution is -2.04. The van der Waals surface area contributed by atoms with Crippen LogP contribution in [0.3, 0.4) is 0 Å². The van der Waals surface area contributed by atoms with E-state index in [0.717, 1.165) is 18.0 Å². The smallest absolute Gasteiger partial charge is 0.122 e. The Morgan fingerprint density at radius 3 is 2.75 bits per heavy atom. The van der Waals surface area contributed by atoms with Crippen molar-refractivity contribution in [3.63, 3.8) is 0 Å². The van der Waals surface area contributed by atoms with Gasteiger partial charge >= 0.3 is 0 Å². The van der Waals surface area contributed by atoms with Crippen LogP contribution in [-0.4, -0.2) is 14.2 Å². The molecule has 0 heterocycles. The molecule has 20 heavy (non-hydrogen) atoms. The zero-order valence-corrected chi connectivity index (χ0v) is 13.1. The average Bonchev–Trinajstić information content (AvgIpc) is 2.46. The van der Waals surface area contributed by atoms with Gasteiger partial charge < -0.3 is 10.1 Å². The van der Waals surface area contributed by atoms with Gasteiger partial charge in [0, 0.05) is 22.8 Å². The van der Waals surface area contributed by atoms with Gasteiger partial charge in [-0.1, -0.05) is 29.8 Å². The fourth-order valence-corrected chi connectivity index (χ4v) is 3.09. The maximum Gasteiger partial charge on any atom is 0.122 e. The number of aryl methyl sites for hydroxylation is 1. The molecular weight excluding hydrogens is 266 g/mol. The van der Waals surface area contributed by atoms with Gasteiger partial charge in [0.15, 0.2) is 0 Å². The van der Waals surface area contributed by atoms with E-state index in [2.05, 4.69) is 48.6 Å². The van der Waals surface area contributed by atoms with Crippen LogP contribution in [0.25, 0.3) is 0 Å². The highest BCUT2D eigenvalue weighted by molar-refractivity contribution is 7.98. The molecule has 2 nitrogen and oxygen atoms in total. The standard InChI is InChI=1S/C17H21NOS/c1-13-7-8-17(19-3)15(9-13)12-20-16-6-4-5-14(10-16)11-18-2/h4-10,18H,11-12H2,1-3H3. The van der Waals surface area contributed by atoms with Gasteiger partial charge in [-0.25, -0.2) is 0 Å². The van der Waals surface area contributed by atoms with E-state index in [1.165, 1.54) is 21.6 Å². The summed E-state index contributed by atoms with van der Waals surface area (Å²) < 4.78 is 5.43. The van der Waals surface area contributed by atoms with Crippen LogP contribution in [-0.2, 0) is 12.3 Å². The zero-order chi connectivity index (χ0) is 14.4. The molecule has 2 rings (SSSR count).